The highest BCUT2D eigenvalue weighted by Crippen LogP contribution is 2.34. The van der Waals surface area contributed by atoms with Gasteiger partial charge in [-0.25, -0.2) is 0 Å². The Morgan fingerprint density at radius 1 is 1.32 bits per heavy atom. The van der Waals surface area contributed by atoms with Gasteiger partial charge in [-0.3, -0.25) is 4.79 Å². The summed E-state index contributed by atoms with van der Waals surface area (Å²) in [6.45, 7) is 3.16. The Labute approximate surface area is 118 Å². The van der Waals surface area contributed by atoms with Crippen LogP contribution in [0.4, 0.5) is 18.9 Å². The van der Waals surface area contributed by atoms with Crippen LogP contribution in [0.15, 0.2) is 18.2 Å². The second-order valence-electron chi connectivity index (χ2n) is 4.66. The average molecular weight is 314 g/mol. The van der Waals surface area contributed by atoms with Crippen LogP contribution in [0.2, 0.25) is 5.02 Å². The first-order valence-electron chi connectivity index (χ1n) is 5.32. The lowest BCUT2D eigenvalue weighted by molar-refractivity contribution is -0.137. The van der Waals surface area contributed by atoms with Gasteiger partial charge in [0, 0.05) is 5.88 Å². The number of halogens is 5. The van der Waals surface area contributed by atoms with Crippen molar-refractivity contribution >= 4 is 34.8 Å². The fourth-order valence-corrected chi connectivity index (χ4v) is 1.44. The molecule has 0 spiro atoms. The number of amides is 1. The molecule has 0 heterocycles. The minimum Gasteiger partial charge on any atom is -0.324 e. The van der Waals surface area contributed by atoms with E-state index < -0.39 is 23.1 Å². The zero-order valence-corrected chi connectivity index (χ0v) is 11.7. The predicted octanol–water partition coefficient (Wildman–Crippen LogP) is 4.56. The summed E-state index contributed by atoms with van der Waals surface area (Å²) in [5.74, 6) is -0.459. The third-order valence-corrected chi connectivity index (χ3v) is 3.49. The van der Waals surface area contributed by atoms with Crippen LogP contribution in [0.1, 0.15) is 19.4 Å². The van der Waals surface area contributed by atoms with Gasteiger partial charge in [0.2, 0.25) is 5.91 Å². The Morgan fingerprint density at radius 2 is 1.89 bits per heavy atom. The van der Waals surface area contributed by atoms with Gasteiger partial charge in [-0.05, 0) is 32.0 Å². The quantitative estimate of drug-likeness (QED) is 0.814. The molecule has 1 aromatic carbocycles. The van der Waals surface area contributed by atoms with Crippen LogP contribution < -0.4 is 5.32 Å². The lowest BCUT2D eigenvalue weighted by Gasteiger charge is -2.21. The summed E-state index contributed by atoms with van der Waals surface area (Å²) in [5, 5.41) is 2.39. The maximum Gasteiger partial charge on any atom is 0.416 e. The molecule has 1 amide bonds. The molecular formula is C12H12Cl2F3NO. The Kier molecular flexibility index (Phi) is 4.74. The second kappa shape index (κ2) is 5.59. The van der Waals surface area contributed by atoms with Crippen molar-refractivity contribution in [2.24, 2.45) is 5.41 Å². The molecule has 7 heteroatoms. The molecule has 1 rings (SSSR count). The molecule has 19 heavy (non-hydrogen) atoms. The Morgan fingerprint density at radius 3 is 2.37 bits per heavy atom. The highest BCUT2D eigenvalue weighted by Gasteiger charge is 2.32. The topological polar surface area (TPSA) is 29.1 Å². The van der Waals surface area contributed by atoms with Crippen LogP contribution >= 0.6 is 23.2 Å². The van der Waals surface area contributed by atoms with Crippen LogP contribution in [-0.2, 0) is 11.0 Å². The molecular weight excluding hydrogens is 302 g/mol. The van der Waals surface area contributed by atoms with E-state index in [9.17, 15) is 18.0 Å². The first-order valence-corrected chi connectivity index (χ1v) is 6.23. The molecule has 0 fully saturated rings. The highest BCUT2D eigenvalue weighted by molar-refractivity contribution is 6.33. The van der Waals surface area contributed by atoms with Crippen LogP contribution in [0.5, 0.6) is 0 Å². The fraction of sp³-hybridized carbons (Fsp3) is 0.417. The van der Waals surface area contributed by atoms with Gasteiger partial charge < -0.3 is 5.32 Å². The largest absolute Gasteiger partial charge is 0.416 e. The van der Waals surface area contributed by atoms with Crippen molar-refractivity contribution in [2.75, 3.05) is 11.2 Å². The SMILES string of the molecule is CC(C)(CCl)C(=O)Nc1cc(C(F)(F)F)ccc1Cl. The molecule has 1 N–H and O–H groups in total. The van der Waals surface area contributed by atoms with Gasteiger partial charge in [-0.1, -0.05) is 11.6 Å². The number of rotatable bonds is 3. The van der Waals surface area contributed by atoms with Crippen molar-refractivity contribution in [3.05, 3.63) is 28.8 Å². The van der Waals surface area contributed by atoms with E-state index in [2.05, 4.69) is 5.32 Å². The molecule has 0 atom stereocenters. The van der Waals surface area contributed by atoms with Gasteiger partial charge in [0.1, 0.15) is 0 Å². The summed E-state index contributed by atoms with van der Waals surface area (Å²) < 4.78 is 37.7. The molecule has 0 aliphatic rings. The smallest absolute Gasteiger partial charge is 0.324 e. The number of alkyl halides is 4. The number of benzene rings is 1. The van der Waals surface area contributed by atoms with Gasteiger partial charge >= 0.3 is 6.18 Å². The van der Waals surface area contributed by atoms with Gasteiger partial charge in [-0.2, -0.15) is 13.2 Å². The van der Waals surface area contributed by atoms with Crippen LogP contribution in [0.25, 0.3) is 0 Å². The third-order valence-electron chi connectivity index (χ3n) is 2.49. The number of hydrogen-bond acceptors (Lipinski definition) is 1. The van der Waals surface area contributed by atoms with E-state index in [1.54, 1.807) is 13.8 Å². The summed E-state index contributed by atoms with van der Waals surface area (Å²) in [6.07, 6.45) is -4.49. The molecule has 0 unspecified atom stereocenters. The number of carbonyl (C=O) groups excluding carboxylic acids is 1. The summed E-state index contributed by atoms with van der Waals surface area (Å²) in [4.78, 5) is 11.8. The summed E-state index contributed by atoms with van der Waals surface area (Å²) in [6, 6.07) is 2.74. The van der Waals surface area contributed by atoms with Crippen molar-refractivity contribution in [1.82, 2.24) is 0 Å². The molecule has 1 aromatic rings. The zero-order valence-electron chi connectivity index (χ0n) is 10.2. The van der Waals surface area contributed by atoms with E-state index in [1.807, 2.05) is 0 Å². The third kappa shape index (κ3) is 4.01. The van der Waals surface area contributed by atoms with Gasteiger partial charge in [0.25, 0.3) is 0 Å². The molecule has 0 aromatic heterocycles. The minimum absolute atomic E-state index is 0.0340. The first kappa shape index (κ1) is 16.1. The Bertz CT molecular complexity index is 486. The van der Waals surface area contributed by atoms with E-state index in [1.165, 1.54) is 0 Å². The second-order valence-corrected chi connectivity index (χ2v) is 5.34. The standard InChI is InChI=1S/C12H12Cl2F3NO/c1-11(2,6-13)10(19)18-9-5-7(12(15,16)17)3-4-8(9)14/h3-5H,6H2,1-2H3,(H,18,19). The van der Waals surface area contributed by atoms with Crippen molar-refractivity contribution in [1.29, 1.82) is 0 Å². The first-order chi connectivity index (χ1) is 8.58. The molecule has 0 saturated carbocycles. The van der Waals surface area contributed by atoms with Crippen molar-refractivity contribution in [3.63, 3.8) is 0 Å². The van der Waals surface area contributed by atoms with E-state index in [4.69, 9.17) is 23.2 Å². The van der Waals surface area contributed by atoms with Crippen molar-refractivity contribution in [3.8, 4) is 0 Å². The zero-order chi connectivity index (χ0) is 14.8. The Hall–Kier alpha value is -0.940. The number of carbonyl (C=O) groups is 1. The lowest BCUT2D eigenvalue weighted by atomic mass is 9.95. The molecule has 0 aliphatic heterocycles. The molecule has 0 saturated heterocycles. The van der Waals surface area contributed by atoms with Crippen LogP contribution in [-0.4, -0.2) is 11.8 Å². The normalized spacial score (nSPS) is 12.4. The van der Waals surface area contributed by atoms with Crippen LogP contribution in [0.3, 0.4) is 0 Å². The van der Waals surface area contributed by atoms with Crippen molar-refractivity contribution in [2.45, 2.75) is 20.0 Å². The predicted molar refractivity (Wildman–Crippen MR) is 69.6 cm³/mol. The number of hydrogen-bond donors (Lipinski definition) is 1. The molecule has 0 radical (unpaired) electrons. The molecule has 2 nitrogen and oxygen atoms in total. The van der Waals surface area contributed by atoms with Gasteiger partial charge in [0.05, 0.1) is 21.7 Å². The maximum absolute atomic E-state index is 12.6. The molecule has 106 valence electrons. The summed E-state index contributed by atoms with van der Waals surface area (Å²) in [7, 11) is 0. The fourth-order valence-electron chi connectivity index (χ4n) is 1.15. The molecule has 0 aliphatic carbocycles. The summed E-state index contributed by atoms with van der Waals surface area (Å²) in [5.41, 5.74) is -1.87. The molecule has 0 bridgehead atoms. The monoisotopic (exact) mass is 313 g/mol. The van der Waals surface area contributed by atoms with E-state index >= 15 is 0 Å². The van der Waals surface area contributed by atoms with Gasteiger partial charge in [-0.15, -0.1) is 11.6 Å². The minimum atomic E-state index is -4.49. The lowest BCUT2D eigenvalue weighted by Crippen LogP contribution is -2.32. The van der Waals surface area contributed by atoms with E-state index in [0.717, 1.165) is 18.2 Å². The van der Waals surface area contributed by atoms with E-state index in [0.29, 0.717) is 0 Å². The summed E-state index contributed by atoms with van der Waals surface area (Å²) >= 11 is 11.4. The van der Waals surface area contributed by atoms with Gasteiger partial charge in [0.15, 0.2) is 0 Å². The van der Waals surface area contributed by atoms with Crippen LogP contribution in [0, 0.1) is 5.41 Å². The number of anilines is 1. The maximum atomic E-state index is 12.6. The number of nitrogens with one attached hydrogen (secondary N) is 1. The van der Waals surface area contributed by atoms with E-state index in [-0.39, 0.29) is 16.6 Å². The Balaban J connectivity index is 3.05. The van der Waals surface area contributed by atoms with Crippen molar-refractivity contribution < 1.29 is 18.0 Å². The highest BCUT2D eigenvalue weighted by atomic mass is 35.5. The average Bonchev–Trinajstić information content (AvgIpc) is 2.30.